The minimum atomic E-state index is -0.964. The summed E-state index contributed by atoms with van der Waals surface area (Å²) < 4.78 is 5.18. The molecule has 0 aliphatic heterocycles. The van der Waals surface area contributed by atoms with E-state index >= 15 is 0 Å². The lowest BCUT2D eigenvalue weighted by molar-refractivity contribution is -0.154. The minimum Gasteiger partial charge on any atom is -0.478 e. The zero-order valence-electron chi connectivity index (χ0n) is 10.9. The van der Waals surface area contributed by atoms with Crippen LogP contribution in [0.2, 0.25) is 0 Å². The summed E-state index contributed by atoms with van der Waals surface area (Å²) in [6, 6.07) is 6.58. The van der Waals surface area contributed by atoms with Crippen LogP contribution in [0.5, 0.6) is 0 Å². The molecule has 18 heavy (non-hydrogen) atoms. The predicted molar refractivity (Wildman–Crippen MR) is 67.6 cm³/mol. The van der Waals surface area contributed by atoms with E-state index in [1.807, 2.05) is 20.8 Å². The fourth-order valence-corrected chi connectivity index (χ4v) is 1.50. The topological polar surface area (TPSA) is 63.6 Å². The highest BCUT2D eigenvalue weighted by Crippen LogP contribution is 2.12. The molecule has 0 radical (unpaired) electrons. The van der Waals surface area contributed by atoms with Crippen LogP contribution < -0.4 is 0 Å². The summed E-state index contributed by atoms with van der Waals surface area (Å²) in [7, 11) is 0. The second kappa shape index (κ2) is 5.67. The molecule has 98 valence electrons. The first-order valence-corrected chi connectivity index (χ1v) is 5.82. The first-order valence-electron chi connectivity index (χ1n) is 5.82. The quantitative estimate of drug-likeness (QED) is 0.834. The monoisotopic (exact) mass is 250 g/mol. The van der Waals surface area contributed by atoms with E-state index in [0.717, 1.165) is 5.56 Å². The van der Waals surface area contributed by atoms with Crippen LogP contribution in [0.3, 0.4) is 0 Å². The number of ether oxygens (including phenoxy) is 1. The van der Waals surface area contributed by atoms with Crippen LogP contribution in [-0.2, 0) is 16.0 Å². The lowest BCUT2D eigenvalue weighted by Crippen LogP contribution is -2.24. The molecule has 0 saturated heterocycles. The SMILES string of the molecule is CC(C)(C)OC(=O)CCc1cccc(C(=O)O)c1. The zero-order chi connectivity index (χ0) is 13.8. The number of aryl methyl sites for hydroxylation is 1. The van der Waals surface area contributed by atoms with Crippen molar-refractivity contribution in [3.63, 3.8) is 0 Å². The number of esters is 1. The van der Waals surface area contributed by atoms with Crippen molar-refractivity contribution in [1.82, 2.24) is 0 Å². The van der Waals surface area contributed by atoms with E-state index in [4.69, 9.17) is 9.84 Å². The lowest BCUT2D eigenvalue weighted by Gasteiger charge is -2.19. The smallest absolute Gasteiger partial charge is 0.335 e. The first-order chi connectivity index (χ1) is 8.28. The standard InChI is InChI=1S/C14H18O4/c1-14(2,3)18-12(15)8-7-10-5-4-6-11(9-10)13(16)17/h4-6,9H,7-8H2,1-3H3,(H,16,17). The molecule has 4 heteroatoms. The molecule has 1 rings (SSSR count). The third kappa shape index (κ3) is 4.99. The van der Waals surface area contributed by atoms with E-state index < -0.39 is 11.6 Å². The molecular weight excluding hydrogens is 232 g/mol. The van der Waals surface area contributed by atoms with Crippen LogP contribution in [0.4, 0.5) is 0 Å². The van der Waals surface area contributed by atoms with E-state index in [-0.39, 0.29) is 18.0 Å². The Morgan fingerprint density at radius 3 is 2.50 bits per heavy atom. The molecule has 0 amide bonds. The molecule has 0 heterocycles. The van der Waals surface area contributed by atoms with Crippen molar-refractivity contribution in [2.75, 3.05) is 0 Å². The van der Waals surface area contributed by atoms with Gasteiger partial charge in [-0.3, -0.25) is 4.79 Å². The number of hydrogen-bond acceptors (Lipinski definition) is 3. The van der Waals surface area contributed by atoms with Crippen LogP contribution in [0.1, 0.15) is 43.1 Å². The molecule has 0 aliphatic rings. The average Bonchev–Trinajstić information content (AvgIpc) is 2.24. The highest BCUT2D eigenvalue weighted by Gasteiger charge is 2.16. The van der Waals surface area contributed by atoms with Gasteiger partial charge in [0.15, 0.2) is 0 Å². The Balaban J connectivity index is 2.56. The highest BCUT2D eigenvalue weighted by molar-refractivity contribution is 5.87. The van der Waals surface area contributed by atoms with Gasteiger partial charge in [0.1, 0.15) is 5.60 Å². The Morgan fingerprint density at radius 2 is 1.94 bits per heavy atom. The highest BCUT2D eigenvalue weighted by atomic mass is 16.6. The van der Waals surface area contributed by atoms with Crippen molar-refractivity contribution in [3.8, 4) is 0 Å². The second-order valence-electron chi connectivity index (χ2n) is 5.09. The summed E-state index contributed by atoms with van der Waals surface area (Å²) in [5.41, 5.74) is 0.567. The summed E-state index contributed by atoms with van der Waals surface area (Å²) in [5, 5.41) is 8.85. The molecule has 0 atom stereocenters. The van der Waals surface area contributed by atoms with Gasteiger partial charge in [0.2, 0.25) is 0 Å². The Morgan fingerprint density at radius 1 is 1.28 bits per heavy atom. The largest absolute Gasteiger partial charge is 0.478 e. The van der Waals surface area contributed by atoms with Gasteiger partial charge in [-0.2, -0.15) is 0 Å². The van der Waals surface area contributed by atoms with Gasteiger partial charge in [0.25, 0.3) is 0 Å². The maximum Gasteiger partial charge on any atom is 0.335 e. The Hall–Kier alpha value is -1.84. The van der Waals surface area contributed by atoms with Crippen molar-refractivity contribution in [2.45, 2.75) is 39.2 Å². The van der Waals surface area contributed by atoms with Crippen molar-refractivity contribution >= 4 is 11.9 Å². The molecule has 1 aromatic rings. The summed E-state index contributed by atoms with van der Waals surface area (Å²) in [6.45, 7) is 5.45. The Labute approximate surface area is 107 Å². The number of hydrogen-bond donors (Lipinski definition) is 1. The molecule has 0 aromatic heterocycles. The predicted octanol–water partition coefficient (Wildman–Crippen LogP) is 2.66. The summed E-state index contributed by atoms with van der Waals surface area (Å²) >= 11 is 0. The van der Waals surface area contributed by atoms with E-state index in [2.05, 4.69) is 0 Å². The maximum absolute atomic E-state index is 11.5. The maximum atomic E-state index is 11.5. The molecule has 0 saturated carbocycles. The molecule has 0 aliphatic carbocycles. The van der Waals surface area contributed by atoms with Gasteiger partial charge in [-0.25, -0.2) is 4.79 Å². The van der Waals surface area contributed by atoms with Gasteiger partial charge < -0.3 is 9.84 Å². The van der Waals surface area contributed by atoms with Crippen LogP contribution >= 0.6 is 0 Å². The number of aromatic carboxylic acids is 1. The van der Waals surface area contributed by atoms with Gasteiger partial charge in [-0.15, -0.1) is 0 Å². The van der Waals surface area contributed by atoms with E-state index in [1.165, 1.54) is 6.07 Å². The number of benzene rings is 1. The molecule has 0 unspecified atom stereocenters. The van der Waals surface area contributed by atoms with Crippen LogP contribution in [0, 0.1) is 0 Å². The third-order valence-corrected chi connectivity index (χ3v) is 2.21. The molecule has 0 bridgehead atoms. The van der Waals surface area contributed by atoms with Gasteiger partial charge in [-0.1, -0.05) is 12.1 Å². The normalized spacial score (nSPS) is 11.1. The number of carbonyl (C=O) groups excluding carboxylic acids is 1. The number of rotatable bonds is 4. The van der Waals surface area contributed by atoms with Crippen molar-refractivity contribution in [3.05, 3.63) is 35.4 Å². The van der Waals surface area contributed by atoms with Gasteiger partial charge in [-0.05, 0) is 44.9 Å². The molecule has 0 fully saturated rings. The Kier molecular flexibility index (Phi) is 4.48. The molecule has 0 spiro atoms. The van der Waals surface area contributed by atoms with Crippen molar-refractivity contribution in [2.24, 2.45) is 0 Å². The van der Waals surface area contributed by atoms with E-state index in [9.17, 15) is 9.59 Å². The van der Waals surface area contributed by atoms with Crippen LogP contribution in [0.25, 0.3) is 0 Å². The summed E-state index contributed by atoms with van der Waals surface area (Å²) in [5.74, 6) is -1.24. The van der Waals surface area contributed by atoms with Gasteiger partial charge in [0, 0.05) is 6.42 Å². The fourth-order valence-electron chi connectivity index (χ4n) is 1.50. The van der Waals surface area contributed by atoms with E-state index in [0.29, 0.717) is 6.42 Å². The van der Waals surface area contributed by atoms with E-state index in [1.54, 1.807) is 18.2 Å². The molecule has 1 N–H and O–H groups in total. The number of carbonyl (C=O) groups is 2. The molecule has 1 aromatic carbocycles. The Bertz CT molecular complexity index is 443. The van der Waals surface area contributed by atoms with Crippen LogP contribution in [-0.4, -0.2) is 22.6 Å². The van der Waals surface area contributed by atoms with Crippen molar-refractivity contribution < 1.29 is 19.4 Å². The van der Waals surface area contributed by atoms with Crippen molar-refractivity contribution in [1.29, 1.82) is 0 Å². The fraction of sp³-hybridized carbons (Fsp3) is 0.429. The zero-order valence-corrected chi connectivity index (χ0v) is 10.9. The summed E-state index contributed by atoms with van der Waals surface area (Å²) in [6.07, 6.45) is 0.733. The van der Waals surface area contributed by atoms with Gasteiger partial charge in [0.05, 0.1) is 5.56 Å². The third-order valence-electron chi connectivity index (χ3n) is 2.21. The van der Waals surface area contributed by atoms with Gasteiger partial charge >= 0.3 is 11.9 Å². The summed E-state index contributed by atoms with van der Waals surface area (Å²) in [4.78, 5) is 22.3. The lowest BCUT2D eigenvalue weighted by atomic mass is 10.1. The number of carboxylic acid groups (broad SMARTS) is 1. The molecule has 4 nitrogen and oxygen atoms in total. The van der Waals surface area contributed by atoms with Crippen LogP contribution in [0.15, 0.2) is 24.3 Å². The molecular formula is C14H18O4. The average molecular weight is 250 g/mol. The first kappa shape index (κ1) is 14.2. The second-order valence-corrected chi connectivity index (χ2v) is 5.09. The minimum absolute atomic E-state index is 0.233. The number of carboxylic acids is 1.